The molecule has 1 fully saturated rings. The van der Waals surface area contributed by atoms with E-state index in [0.29, 0.717) is 5.56 Å². The SMILES string of the molecule is Cc1cc(C(=O)CS(=O)(=O)C2CCCCC2)c(C)s1. The number of sulfone groups is 1. The van der Waals surface area contributed by atoms with Crippen molar-refractivity contribution in [1.82, 2.24) is 0 Å². The first-order valence-corrected chi connectivity index (χ1v) is 9.25. The van der Waals surface area contributed by atoms with Gasteiger partial charge in [0.05, 0.1) is 5.25 Å². The summed E-state index contributed by atoms with van der Waals surface area (Å²) >= 11 is 1.54. The quantitative estimate of drug-likeness (QED) is 0.802. The molecule has 19 heavy (non-hydrogen) atoms. The number of Topliss-reactive ketones (excluding diaryl/α,β-unsaturated/α-hetero) is 1. The fourth-order valence-corrected chi connectivity index (χ4v) is 5.46. The first-order chi connectivity index (χ1) is 8.90. The van der Waals surface area contributed by atoms with Crippen LogP contribution >= 0.6 is 11.3 Å². The Labute approximate surface area is 119 Å². The van der Waals surface area contributed by atoms with Crippen molar-refractivity contribution in [1.29, 1.82) is 0 Å². The lowest BCUT2D eigenvalue weighted by Gasteiger charge is -2.21. The lowest BCUT2D eigenvalue weighted by Crippen LogP contribution is -2.29. The van der Waals surface area contributed by atoms with Crippen LogP contribution in [0.2, 0.25) is 0 Å². The smallest absolute Gasteiger partial charge is 0.178 e. The molecule has 0 spiro atoms. The van der Waals surface area contributed by atoms with Crippen LogP contribution in [0.15, 0.2) is 6.07 Å². The van der Waals surface area contributed by atoms with Gasteiger partial charge in [0.15, 0.2) is 15.6 Å². The van der Waals surface area contributed by atoms with Crippen LogP contribution in [0, 0.1) is 13.8 Å². The maximum Gasteiger partial charge on any atom is 0.178 e. The highest BCUT2D eigenvalue weighted by Crippen LogP contribution is 2.26. The first kappa shape index (κ1) is 14.7. The summed E-state index contributed by atoms with van der Waals surface area (Å²) in [6.45, 7) is 3.81. The number of aryl methyl sites for hydroxylation is 2. The highest BCUT2D eigenvalue weighted by Gasteiger charge is 2.30. The van der Waals surface area contributed by atoms with Crippen LogP contribution in [-0.2, 0) is 9.84 Å². The Morgan fingerprint density at radius 3 is 2.42 bits per heavy atom. The van der Waals surface area contributed by atoms with Gasteiger partial charge in [0, 0.05) is 15.3 Å². The zero-order valence-corrected chi connectivity index (χ0v) is 13.1. The van der Waals surface area contributed by atoms with Gasteiger partial charge < -0.3 is 0 Å². The van der Waals surface area contributed by atoms with E-state index in [2.05, 4.69) is 0 Å². The molecule has 0 N–H and O–H groups in total. The van der Waals surface area contributed by atoms with Crippen molar-refractivity contribution in [2.75, 3.05) is 5.75 Å². The van der Waals surface area contributed by atoms with Gasteiger partial charge in [-0.3, -0.25) is 4.79 Å². The summed E-state index contributed by atoms with van der Waals surface area (Å²) in [5.41, 5.74) is 0.585. The maximum absolute atomic E-state index is 12.3. The molecule has 1 heterocycles. The second-order valence-corrected chi connectivity index (χ2v) is 9.06. The van der Waals surface area contributed by atoms with Gasteiger partial charge in [0.2, 0.25) is 0 Å². The molecule has 0 saturated heterocycles. The van der Waals surface area contributed by atoms with Crippen molar-refractivity contribution in [3.63, 3.8) is 0 Å². The van der Waals surface area contributed by atoms with Gasteiger partial charge in [-0.1, -0.05) is 19.3 Å². The van der Waals surface area contributed by atoms with E-state index in [1.807, 2.05) is 13.8 Å². The second-order valence-electron chi connectivity index (χ2n) is 5.32. The van der Waals surface area contributed by atoms with E-state index in [9.17, 15) is 13.2 Å². The minimum atomic E-state index is -3.28. The number of ketones is 1. The third kappa shape index (κ3) is 3.45. The molecule has 3 nitrogen and oxygen atoms in total. The van der Waals surface area contributed by atoms with Crippen molar-refractivity contribution in [3.05, 3.63) is 21.4 Å². The average molecular weight is 300 g/mol. The number of carbonyl (C=O) groups excluding carboxylic acids is 1. The molecule has 1 aromatic rings. The summed E-state index contributed by atoms with van der Waals surface area (Å²) in [5.74, 6) is -0.568. The van der Waals surface area contributed by atoms with Gasteiger partial charge in [-0.2, -0.15) is 0 Å². The van der Waals surface area contributed by atoms with Gasteiger partial charge in [-0.05, 0) is 32.8 Å². The van der Waals surface area contributed by atoms with Crippen LogP contribution < -0.4 is 0 Å². The Hall–Kier alpha value is -0.680. The largest absolute Gasteiger partial charge is 0.293 e. The number of carbonyl (C=O) groups is 1. The van der Waals surface area contributed by atoms with Crippen molar-refractivity contribution in [3.8, 4) is 0 Å². The van der Waals surface area contributed by atoms with Crippen molar-refractivity contribution in [2.45, 2.75) is 51.2 Å². The van der Waals surface area contributed by atoms with E-state index >= 15 is 0 Å². The van der Waals surface area contributed by atoms with Gasteiger partial charge in [-0.25, -0.2) is 8.42 Å². The topological polar surface area (TPSA) is 51.2 Å². The summed E-state index contributed by atoms with van der Waals surface area (Å²) in [5, 5.41) is -0.301. The molecule has 1 saturated carbocycles. The average Bonchev–Trinajstić information content (AvgIpc) is 2.69. The maximum atomic E-state index is 12.3. The predicted molar refractivity (Wildman–Crippen MR) is 78.8 cm³/mol. The Morgan fingerprint density at radius 2 is 1.89 bits per heavy atom. The molecular formula is C14H20O3S2. The van der Waals surface area contributed by atoms with Crippen LogP contribution in [0.1, 0.15) is 52.2 Å². The van der Waals surface area contributed by atoms with Crippen LogP contribution in [0.3, 0.4) is 0 Å². The molecule has 0 atom stereocenters. The molecule has 0 aromatic carbocycles. The Bertz CT molecular complexity index is 564. The molecule has 106 valence electrons. The van der Waals surface area contributed by atoms with E-state index in [0.717, 1.165) is 41.9 Å². The molecule has 5 heteroatoms. The molecule has 0 radical (unpaired) electrons. The summed E-state index contributed by atoms with van der Waals surface area (Å²) < 4.78 is 24.5. The van der Waals surface area contributed by atoms with E-state index in [1.165, 1.54) is 0 Å². The molecule has 1 aromatic heterocycles. The third-order valence-corrected chi connectivity index (χ3v) is 6.85. The second kappa shape index (κ2) is 5.75. The highest BCUT2D eigenvalue weighted by atomic mass is 32.2. The highest BCUT2D eigenvalue weighted by molar-refractivity contribution is 7.92. The fourth-order valence-electron chi connectivity index (χ4n) is 2.71. The normalized spacial score (nSPS) is 17.6. The van der Waals surface area contributed by atoms with E-state index in [1.54, 1.807) is 17.4 Å². The third-order valence-electron chi connectivity index (χ3n) is 3.73. The molecule has 0 bridgehead atoms. The van der Waals surface area contributed by atoms with Crippen LogP contribution in [0.5, 0.6) is 0 Å². The van der Waals surface area contributed by atoms with E-state index in [4.69, 9.17) is 0 Å². The molecule has 2 rings (SSSR count). The number of hydrogen-bond acceptors (Lipinski definition) is 4. The van der Waals surface area contributed by atoms with Gasteiger partial charge in [0.25, 0.3) is 0 Å². The van der Waals surface area contributed by atoms with Gasteiger partial charge in [0.1, 0.15) is 5.75 Å². The summed E-state index contributed by atoms with van der Waals surface area (Å²) in [4.78, 5) is 14.1. The Balaban J connectivity index is 2.11. The van der Waals surface area contributed by atoms with Crippen LogP contribution in [0.25, 0.3) is 0 Å². The zero-order valence-electron chi connectivity index (χ0n) is 11.4. The first-order valence-electron chi connectivity index (χ1n) is 6.72. The Kier molecular flexibility index (Phi) is 4.46. The lowest BCUT2D eigenvalue weighted by molar-refractivity contribution is 0.102. The summed E-state index contributed by atoms with van der Waals surface area (Å²) in [6.07, 6.45) is 4.49. The molecule has 0 amide bonds. The van der Waals surface area contributed by atoms with E-state index < -0.39 is 9.84 Å². The number of thiophene rings is 1. The summed E-state index contributed by atoms with van der Waals surface area (Å²) in [6, 6.07) is 1.80. The van der Waals surface area contributed by atoms with Crippen LogP contribution in [0.4, 0.5) is 0 Å². The molecular weight excluding hydrogens is 280 g/mol. The predicted octanol–water partition coefficient (Wildman–Crippen LogP) is 3.30. The van der Waals surface area contributed by atoms with Crippen LogP contribution in [-0.4, -0.2) is 25.2 Å². The van der Waals surface area contributed by atoms with Crippen molar-refractivity contribution >= 4 is 27.0 Å². The number of hydrogen-bond donors (Lipinski definition) is 0. The molecule has 0 unspecified atom stereocenters. The van der Waals surface area contributed by atoms with Gasteiger partial charge >= 0.3 is 0 Å². The summed E-state index contributed by atoms with van der Waals surface area (Å²) in [7, 11) is -3.28. The van der Waals surface area contributed by atoms with Crippen molar-refractivity contribution in [2.24, 2.45) is 0 Å². The van der Waals surface area contributed by atoms with E-state index in [-0.39, 0.29) is 16.8 Å². The minimum absolute atomic E-state index is 0.243. The standard InChI is InChI=1S/C14H20O3S2/c1-10-8-13(11(2)18-10)14(15)9-19(16,17)12-6-4-3-5-7-12/h8,12H,3-7,9H2,1-2H3. The minimum Gasteiger partial charge on any atom is -0.293 e. The monoisotopic (exact) mass is 300 g/mol. The van der Waals surface area contributed by atoms with Gasteiger partial charge in [-0.15, -0.1) is 11.3 Å². The zero-order chi connectivity index (χ0) is 14.0. The molecule has 1 aliphatic carbocycles. The molecule has 1 aliphatic rings. The molecule has 0 aliphatic heterocycles. The van der Waals surface area contributed by atoms with Crippen molar-refractivity contribution < 1.29 is 13.2 Å². The fraction of sp³-hybridized carbons (Fsp3) is 0.643. The lowest BCUT2D eigenvalue weighted by atomic mass is 10.0. The Morgan fingerprint density at radius 1 is 1.26 bits per heavy atom. The number of rotatable bonds is 4.